The summed E-state index contributed by atoms with van der Waals surface area (Å²) in [7, 11) is 1.32. The number of carbonyl (C=O) groups excluding carboxylic acids is 4. The molecule has 0 radical (unpaired) electrons. The molecule has 186 valence electrons. The number of benzene rings is 1. The van der Waals surface area contributed by atoms with Gasteiger partial charge in [0.15, 0.2) is 5.75 Å². The molecule has 1 heterocycles. The fourth-order valence-corrected chi connectivity index (χ4v) is 4.00. The Labute approximate surface area is 202 Å². The largest absolute Gasteiger partial charge is 0.494 e. The van der Waals surface area contributed by atoms with Crippen molar-refractivity contribution in [1.29, 1.82) is 0 Å². The molecule has 3 N–H and O–H groups in total. The summed E-state index contributed by atoms with van der Waals surface area (Å²) in [5.41, 5.74) is -0.0287. The first kappa shape index (κ1) is 27.3. The van der Waals surface area contributed by atoms with Gasteiger partial charge in [0, 0.05) is 12.0 Å². The number of carbonyl (C=O) groups is 5. The van der Waals surface area contributed by atoms with Gasteiger partial charge in [-0.1, -0.05) is 23.2 Å². The first-order valence-electron chi connectivity index (χ1n) is 9.79. The number of rotatable bonds is 9. The zero-order valence-corrected chi connectivity index (χ0v) is 19.5. The highest BCUT2D eigenvalue weighted by molar-refractivity contribution is 6.37. The molecule has 0 aromatic heterocycles. The Balaban J connectivity index is 2.16. The van der Waals surface area contributed by atoms with E-state index < -0.39 is 67.1 Å². The second-order valence-corrected chi connectivity index (χ2v) is 8.37. The molecule has 34 heavy (non-hydrogen) atoms. The summed E-state index contributed by atoms with van der Waals surface area (Å²) in [6, 6.07) is -2.00. The molecule has 1 saturated heterocycles. The Morgan fingerprint density at radius 3 is 2.35 bits per heavy atom. The van der Waals surface area contributed by atoms with Gasteiger partial charge in [-0.25, -0.2) is 8.78 Å². The molecule has 14 heteroatoms. The van der Waals surface area contributed by atoms with Gasteiger partial charge in [-0.05, 0) is 19.1 Å². The van der Waals surface area contributed by atoms with Crippen LogP contribution in [0.5, 0.6) is 5.75 Å². The van der Waals surface area contributed by atoms with E-state index in [4.69, 9.17) is 33.0 Å². The Morgan fingerprint density at radius 1 is 1.26 bits per heavy atom. The van der Waals surface area contributed by atoms with E-state index >= 15 is 0 Å². The smallest absolute Gasteiger partial charge is 0.305 e. The molecule has 0 spiro atoms. The van der Waals surface area contributed by atoms with Crippen molar-refractivity contribution in [2.24, 2.45) is 0 Å². The Kier molecular flexibility index (Phi) is 8.78. The van der Waals surface area contributed by atoms with E-state index in [1.165, 1.54) is 26.2 Å². The number of halogens is 4. The lowest BCUT2D eigenvalue weighted by molar-refractivity contribution is -0.142. The number of nitrogens with zero attached hydrogens (tertiary/aromatic N) is 1. The predicted octanol–water partition coefficient (Wildman–Crippen LogP) is 1.51. The van der Waals surface area contributed by atoms with Crippen LogP contribution < -0.4 is 15.4 Å². The van der Waals surface area contributed by atoms with Gasteiger partial charge >= 0.3 is 5.97 Å². The van der Waals surface area contributed by atoms with Crippen molar-refractivity contribution >= 4 is 53.2 Å². The van der Waals surface area contributed by atoms with Crippen LogP contribution in [0.3, 0.4) is 0 Å². The number of hydrogen-bond acceptors (Lipinski definition) is 6. The first-order valence-corrected chi connectivity index (χ1v) is 10.5. The number of methoxy groups -OCH3 is 1. The predicted molar refractivity (Wildman–Crippen MR) is 115 cm³/mol. The molecule has 1 aliphatic heterocycles. The maximum atomic E-state index is 14.1. The normalized spacial score (nSPS) is 18.5. The van der Waals surface area contributed by atoms with Crippen LogP contribution >= 0.6 is 23.2 Å². The fourth-order valence-electron chi connectivity index (χ4n) is 3.36. The minimum atomic E-state index is -3.41. The van der Waals surface area contributed by atoms with Crippen molar-refractivity contribution < 1.29 is 42.6 Å². The van der Waals surface area contributed by atoms with Gasteiger partial charge in [-0.2, -0.15) is 0 Å². The summed E-state index contributed by atoms with van der Waals surface area (Å²) in [4.78, 5) is 60.2. The maximum absolute atomic E-state index is 14.1. The third kappa shape index (κ3) is 6.54. The number of amides is 3. The van der Waals surface area contributed by atoms with Gasteiger partial charge in [-0.3, -0.25) is 19.2 Å². The van der Waals surface area contributed by atoms with Crippen LogP contribution in [0.15, 0.2) is 12.1 Å². The van der Waals surface area contributed by atoms with Crippen LogP contribution in [0.4, 0.5) is 8.78 Å². The van der Waals surface area contributed by atoms with Gasteiger partial charge < -0.3 is 30.2 Å². The summed E-state index contributed by atoms with van der Waals surface area (Å²) >= 11 is 12.0. The van der Waals surface area contributed by atoms with E-state index in [0.717, 1.165) is 0 Å². The highest BCUT2D eigenvalue weighted by atomic mass is 35.5. The molecular formula is C20H21Cl2F2N3O7. The number of hydrogen-bond donors (Lipinski definition) is 3. The molecular weight excluding hydrogens is 503 g/mol. The van der Waals surface area contributed by atoms with Gasteiger partial charge in [0.2, 0.25) is 11.8 Å². The monoisotopic (exact) mass is 523 g/mol. The highest BCUT2D eigenvalue weighted by Crippen LogP contribution is 2.34. The van der Waals surface area contributed by atoms with Crippen molar-refractivity contribution in [2.45, 2.75) is 43.8 Å². The van der Waals surface area contributed by atoms with E-state index in [1.54, 1.807) is 0 Å². The number of nitrogens with one attached hydrogen (secondary N) is 2. The molecule has 0 bridgehead atoms. The quantitative estimate of drug-likeness (QED) is 0.416. The highest BCUT2D eigenvalue weighted by Gasteiger charge is 2.51. The van der Waals surface area contributed by atoms with E-state index in [0.29, 0.717) is 4.90 Å². The summed E-state index contributed by atoms with van der Waals surface area (Å²) in [5.74, 6) is -7.57. The lowest BCUT2D eigenvalue weighted by Gasteiger charge is -2.27. The lowest BCUT2D eigenvalue weighted by atomic mass is 10.1. The van der Waals surface area contributed by atoms with Crippen molar-refractivity contribution in [2.75, 3.05) is 13.7 Å². The SMILES string of the molecule is COc1c(Cl)cc(C(=O)N[C@@H](C)C(=O)N2CC(F)(F)C[C@H]2C(=O)N[C@H](C=O)CC(=O)O)cc1Cl. The number of aliphatic carboxylic acids is 1. The number of carboxylic acids is 1. The summed E-state index contributed by atoms with van der Waals surface area (Å²) < 4.78 is 33.1. The summed E-state index contributed by atoms with van der Waals surface area (Å²) in [6.45, 7) is 0.131. The standard InChI is InChI=1S/C20H21Cl2F2N3O7/c1-9(25-17(31)10-3-12(21)16(34-2)13(22)4-10)19(33)27-8-20(23,24)6-14(27)18(32)26-11(7-28)5-15(29)30/h3-4,7,9,11,14H,5-6,8H2,1-2H3,(H,25,31)(H,26,32)(H,29,30)/t9-,11-,14-/m0/s1. The zero-order chi connectivity index (χ0) is 25.8. The molecule has 0 unspecified atom stereocenters. The van der Waals surface area contributed by atoms with Gasteiger partial charge in [0.25, 0.3) is 11.8 Å². The van der Waals surface area contributed by atoms with Crippen LogP contribution in [0, 0.1) is 0 Å². The number of alkyl halides is 2. The molecule has 0 saturated carbocycles. The molecule has 3 atom stereocenters. The third-order valence-corrected chi connectivity index (χ3v) is 5.49. The second-order valence-electron chi connectivity index (χ2n) is 7.56. The minimum Gasteiger partial charge on any atom is -0.494 e. The van der Waals surface area contributed by atoms with Crippen molar-refractivity contribution in [3.05, 3.63) is 27.7 Å². The van der Waals surface area contributed by atoms with Gasteiger partial charge in [0.1, 0.15) is 18.4 Å². The maximum Gasteiger partial charge on any atom is 0.305 e. The average molecular weight is 524 g/mol. The van der Waals surface area contributed by atoms with Crippen molar-refractivity contribution in [3.63, 3.8) is 0 Å². The second kappa shape index (κ2) is 11.0. The molecule has 1 fully saturated rings. The van der Waals surface area contributed by atoms with Crippen LogP contribution in [0.2, 0.25) is 10.0 Å². The molecule has 0 aliphatic carbocycles. The van der Waals surface area contributed by atoms with Crippen molar-refractivity contribution in [3.8, 4) is 5.75 Å². The summed E-state index contributed by atoms with van der Waals surface area (Å²) in [5, 5.41) is 13.2. The van der Waals surface area contributed by atoms with Crippen molar-refractivity contribution in [1.82, 2.24) is 15.5 Å². The molecule has 1 aromatic rings. The Bertz CT molecular complexity index is 985. The van der Waals surface area contributed by atoms with Gasteiger partial charge in [-0.15, -0.1) is 0 Å². The fraction of sp³-hybridized carbons (Fsp3) is 0.450. The van der Waals surface area contributed by atoms with Crippen LogP contribution in [0.1, 0.15) is 30.1 Å². The third-order valence-electron chi connectivity index (χ3n) is 4.92. The van der Waals surface area contributed by atoms with E-state index in [1.807, 2.05) is 5.32 Å². The van der Waals surface area contributed by atoms with Crippen LogP contribution in [-0.2, 0) is 19.2 Å². The van der Waals surface area contributed by atoms with Crippen LogP contribution in [0.25, 0.3) is 0 Å². The van der Waals surface area contributed by atoms with E-state index in [9.17, 15) is 32.8 Å². The Morgan fingerprint density at radius 2 is 1.85 bits per heavy atom. The molecule has 3 amide bonds. The lowest BCUT2D eigenvalue weighted by Crippen LogP contribution is -2.54. The minimum absolute atomic E-state index is 0.0287. The summed E-state index contributed by atoms with van der Waals surface area (Å²) in [6.07, 6.45) is -1.64. The zero-order valence-electron chi connectivity index (χ0n) is 17.9. The van der Waals surface area contributed by atoms with E-state index in [2.05, 4.69) is 5.32 Å². The van der Waals surface area contributed by atoms with E-state index in [-0.39, 0.29) is 27.6 Å². The van der Waals surface area contributed by atoms with Gasteiger partial charge in [0.05, 0.1) is 36.2 Å². The molecule has 10 nitrogen and oxygen atoms in total. The molecule has 2 rings (SSSR count). The topological polar surface area (TPSA) is 142 Å². The number of likely N-dealkylation sites (tertiary alicyclic amines) is 1. The molecule has 1 aromatic carbocycles. The average Bonchev–Trinajstić information content (AvgIpc) is 3.07. The first-order chi connectivity index (χ1) is 15.8. The number of carboxylic acid groups (broad SMARTS) is 1. The van der Waals surface area contributed by atoms with Crippen LogP contribution in [-0.4, -0.2) is 77.7 Å². The Hall–Kier alpha value is -2.99. The molecule has 1 aliphatic rings. The number of aldehydes is 1. The number of ether oxygens (including phenoxy) is 1.